The molecule has 31 heavy (non-hydrogen) atoms. The van der Waals surface area contributed by atoms with E-state index in [0.29, 0.717) is 6.54 Å². The van der Waals surface area contributed by atoms with Crippen LogP contribution in [0.4, 0.5) is 9.59 Å². The summed E-state index contributed by atoms with van der Waals surface area (Å²) < 4.78 is 22.3. The maximum Gasteiger partial charge on any atom is 0.407 e. The molecule has 1 heterocycles. The topological polar surface area (TPSA) is 107 Å². The summed E-state index contributed by atoms with van der Waals surface area (Å²) in [5, 5.41) is 8.84. The summed E-state index contributed by atoms with van der Waals surface area (Å²) in [4.78, 5) is 24.0. The molecule has 0 spiro atoms. The number of nitrogens with one attached hydrogen (secondary N) is 3. The van der Waals surface area contributed by atoms with Crippen LogP contribution in [0.1, 0.15) is 72.6 Å². The molecule has 9 heteroatoms. The van der Waals surface area contributed by atoms with Gasteiger partial charge in [0.25, 0.3) is 0 Å². The lowest BCUT2D eigenvalue weighted by Gasteiger charge is -2.38. The zero-order valence-corrected chi connectivity index (χ0v) is 19.7. The lowest BCUT2D eigenvalue weighted by atomic mass is 9.79. The molecule has 180 valence electrons. The van der Waals surface area contributed by atoms with Crippen molar-refractivity contribution in [2.24, 2.45) is 5.92 Å². The lowest BCUT2D eigenvalue weighted by molar-refractivity contribution is -0.197. The molecule has 1 saturated carbocycles. The Bertz CT molecular complexity index is 568. The van der Waals surface area contributed by atoms with Gasteiger partial charge in [0.1, 0.15) is 12.4 Å². The fourth-order valence-corrected chi connectivity index (χ4v) is 4.20. The monoisotopic (exact) mass is 443 g/mol. The summed E-state index contributed by atoms with van der Waals surface area (Å²) >= 11 is 0. The largest absolute Gasteiger partial charge is 0.444 e. The molecule has 5 atom stereocenters. The second-order valence-corrected chi connectivity index (χ2v) is 9.46. The van der Waals surface area contributed by atoms with E-state index in [1.54, 1.807) is 7.11 Å². The Labute approximate surface area is 186 Å². The molecule has 9 nitrogen and oxygen atoms in total. The number of amides is 3. The second kappa shape index (κ2) is 12.5. The van der Waals surface area contributed by atoms with Crippen LogP contribution in [-0.4, -0.2) is 62.7 Å². The quantitative estimate of drug-likeness (QED) is 0.447. The standard InChI is InChI=1S/C22H41N3O6/c1-15(28-5)29-14-30-19(11-10-16-12-13-23-20(26)24-16)17-8-6-7-9-18(17)25-21(27)31-22(2,3)4/h15-19H,6-14H2,1-5H3,(H,25,27)(H2,23,24,26)/t15?,16-,17?,18?,19?/m0/s1. The molecule has 0 aromatic rings. The normalized spacial score (nSPS) is 26.4. The summed E-state index contributed by atoms with van der Waals surface area (Å²) in [6.45, 7) is 8.20. The Morgan fingerprint density at radius 2 is 1.94 bits per heavy atom. The van der Waals surface area contributed by atoms with Crippen LogP contribution in [-0.2, 0) is 18.9 Å². The fraction of sp³-hybridized carbons (Fsp3) is 0.909. The first-order valence-corrected chi connectivity index (χ1v) is 11.5. The fourth-order valence-electron chi connectivity index (χ4n) is 4.20. The minimum absolute atomic E-state index is 0.0175. The molecule has 2 fully saturated rings. The Balaban J connectivity index is 2.00. The number of ether oxygens (including phenoxy) is 4. The maximum atomic E-state index is 12.4. The highest BCUT2D eigenvalue weighted by Gasteiger charge is 2.35. The number of hydrogen-bond acceptors (Lipinski definition) is 6. The lowest BCUT2D eigenvalue weighted by Crippen LogP contribution is -2.51. The van der Waals surface area contributed by atoms with Crippen molar-refractivity contribution in [2.45, 2.75) is 103 Å². The van der Waals surface area contributed by atoms with E-state index in [1.165, 1.54) is 0 Å². The summed E-state index contributed by atoms with van der Waals surface area (Å²) in [6, 6.07) is -0.0105. The number of hydrogen-bond donors (Lipinski definition) is 3. The first-order valence-electron chi connectivity index (χ1n) is 11.5. The van der Waals surface area contributed by atoms with Gasteiger partial charge in [-0.2, -0.15) is 0 Å². The predicted octanol–water partition coefficient (Wildman–Crippen LogP) is 3.27. The number of carbonyl (C=O) groups is 2. The summed E-state index contributed by atoms with van der Waals surface area (Å²) in [7, 11) is 1.59. The summed E-state index contributed by atoms with van der Waals surface area (Å²) in [5.41, 5.74) is -0.540. The molecule has 0 bridgehead atoms. The van der Waals surface area contributed by atoms with E-state index in [4.69, 9.17) is 18.9 Å². The van der Waals surface area contributed by atoms with Crippen LogP contribution in [0, 0.1) is 5.92 Å². The molecule has 1 saturated heterocycles. The highest BCUT2D eigenvalue weighted by molar-refractivity contribution is 5.74. The van der Waals surface area contributed by atoms with Crippen molar-refractivity contribution in [1.29, 1.82) is 0 Å². The summed E-state index contributed by atoms with van der Waals surface area (Å²) in [5.74, 6) is 0.153. The molecule has 1 aliphatic carbocycles. The van der Waals surface area contributed by atoms with Gasteiger partial charge in [-0.05, 0) is 59.8 Å². The van der Waals surface area contributed by atoms with Crippen molar-refractivity contribution in [3.8, 4) is 0 Å². The average molecular weight is 444 g/mol. The van der Waals surface area contributed by atoms with Gasteiger partial charge in [-0.1, -0.05) is 12.8 Å². The molecule has 0 radical (unpaired) electrons. The molecular formula is C22H41N3O6. The van der Waals surface area contributed by atoms with Gasteiger partial charge in [-0.25, -0.2) is 9.59 Å². The van der Waals surface area contributed by atoms with Crippen molar-refractivity contribution in [2.75, 3.05) is 20.4 Å². The van der Waals surface area contributed by atoms with Crippen LogP contribution in [0.15, 0.2) is 0 Å². The Morgan fingerprint density at radius 1 is 1.19 bits per heavy atom. The molecule has 3 amide bonds. The first-order chi connectivity index (χ1) is 14.7. The second-order valence-electron chi connectivity index (χ2n) is 9.46. The zero-order valence-electron chi connectivity index (χ0n) is 19.7. The van der Waals surface area contributed by atoms with Crippen molar-refractivity contribution in [3.63, 3.8) is 0 Å². The SMILES string of the molecule is COC(C)OCOC(CC[C@H]1CCNC(=O)N1)C1CCCCC1NC(=O)OC(C)(C)C. The smallest absolute Gasteiger partial charge is 0.407 e. The Morgan fingerprint density at radius 3 is 2.61 bits per heavy atom. The van der Waals surface area contributed by atoms with Gasteiger partial charge in [0.05, 0.1) is 6.10 Å². The van der Waals surface area contributed by atoms with Crippen LogP contribution in [0.5, 0.6) is 0 Å². The molecule has 4 unspecified atom stereocenters. The number of urea groups is 1. The van der Waals surface area contributed by atoms with Crippen molar-refractivity contribution >= 4 is 12.1 Å². The molecule has 0 aromatic heterocycles. The summed E-state index contributed by atoms with van der Waals surface area (Å²) in [6.07, 6.45) is 5.63. The minimum Gasteiger partial charge on any atom is -0.444 e. The molecule has 1 aliphatic heterocycles. The Hall–Kier alpha value is -1.58. The van der Waals surface area contributed by atoms with Crippen LogP contribution < -0.4 is 16.0 Å². The van der Waals surface area contributed by atoms with E-state index < -0.39 is 11.7 Å². The van der Waals surface area contributed by atoms with Crippen molar-refractivity contribution in [3.05, 3.63) is 0 Å². The van der Waals surface area contributed by atoms with E-state index in [-0.39, 0.29) is 43.2 Å². The van der Waals surface area contributed by atoms with Gasteiger partial charge in [-0.15, -0.1) is 0 Å². The predicted molar refractivity (Wildman–Crippen MR) is 117 cm³/mol. The van der Waals surface area contributed by atoms with Crippen LogP contribution >= 0.6 is 0 Å². The molecule has 2 aliphatic rings. The highest BCUT2D eigenvalue weighted by Crippen LogP contribution is 2.31. The van der Waals surface area contributed by atoms with E-state index >= 15 is 0 Å². The molecular weight excluding hydrogens is 402 g/mol. The van der Waals surface area contributed by atoms with Gasteiger partial charge in [0.2, 0.25) is 0 Å². The third-order valence-electron chi connectivity index (χ3n) is 5.83. The number of alkyl carbamates (subject to hydrolysis) is 1. The third kappa shape index (κ3) is 9.62. The van der Waals surface area contributed by atoms with Gasteiger partial charge in [0, 0.05) is 31.7 Å². The van der Waals surface area contributed by atoms with Gasteiger partial charge in [0.15, 0.2) is 6.29 Å². The van der Waals surface area contributed by atoms with Gasteiger partial charge in [-0.3, -0.25) is 0 Å². The Kier molecular flexibility index (Phi) is 10.3. The molecule has 0 aromatic carbocycles. The average Bonchev–Trinajstić information content (AvgIpc) is 2.69. The molecule has 2 rings (SSSR count). The van der Waals surface area contributed by atoms with E-state index in [1.807, 2.05) is 27.7 Å². The van der Waals surface area contributed by atoms with E-state index in [2.05, 4.69) is 16.0 Å². The van der Waals surface area contributed by atoms with Crippen LogP contribution in [0.25, 0.3) is 0 Å². The first kappa shape index (κ1) is 25.7. The number of carbonyl (C=O) groups excluding carboxylic acids is 2. The number of rotatable bonds is 10. The van der Waals surface area contributed by atoms with Gasteiger partial charge < -0.3 is 34.9 Å². The van der Waals surface area contributed by atoms with E-state index in [9.17, 15) is 9.59 Å². The van der Waals surface area contributed by atoms with Crippen molar-refractivity contribution in [1.82, 2.24) is 16.0 Å². The van der Waals surface area contributed by atoms with Crippen LogP contribution in [0.2, 0.25) is 0 Å². The molecule has 3 N–H and O–H groups in total. The minimum atomic E-state index is -0.540. The third-order valence-corrected chi connectivity index (χ3v) is 5.83. The highest BCUT2D eigenvalue weighted by atomic mass is 16.7. The maximum absolute atomic E-state index is 12.4. The number of methoxy groups -OCH3 is 1. The van der Waals surface area contributed by atoms with E-state index in [0.717, 1.165) is 44.9 Å². The van der Waals surface area contributed by atoms with Crippen LogP contribution in [0.3, 0.4) is 0 Å². The van der Waals surface area contributed by atoms with Gasteiger partial charge >= 0.3 is 12.1 Å². The zero-order chi connectivity index (χ0) is 22.9. The van der Waals surface area contributed by atoms with Crippen molar-refractivity contribution < 1.29 is 28.5 Å².